The second-order valence-corrected chi connectivity index (χ2v) is 8.23. The molecule has 3 aromatic rings. The van der Waals surface area contributed by atoms with Crippen LogP contribution in [0.4, 0.5) is 0 Å². The van der Waals surface area contributed by atoms with Crippen molar-refractivity contribution in [2.24, 2.45) is 0 Å². The predicted molar refractivity (Wildman–Crippen MR) is 123 cm³/mol. The fourth-order valence-electron chi connectivity index (χ4n) is 2.91. The molecule has 3 nitrogen and oxygen atoms in total. The molecule has 0 heterocycles. The van der Waals surface area contributed by atoms with Gasteiger partial charge in [0.25, 0.3) is 0 Å². The van der Waals surface area contributed by atoms with E-state index in [0.29, 0.717) is 28.2 Å². The molecule has 0 fully saturated rings. The van der Waals surface area contributed by atoms with Crippen molar-refractivity contribution < 1.29 is 9.47 Å². The first kappa shape index (κ1) is 22.0. The molecule has 0 aliphatic rings. The van der Waals surface area contributed by atoms with Crippen molar-refractivity contribution in [2.45, 2.75) is 19.6 Å². The lowest BCUT2D eigenvalue weighted by Gasteiger charge is -2.15. The van der Waals surface area contributed by atoms with Crippen molar-refractivity contribution >= 4 is 39.1 Å². The number of nitrogens with one attached hydrogen (secondary N) is 1. The fourth-order valence-corrected chi connectivity index (χ4v) is 3.83. The third-order valence-electron chi connectivity index (χ3n) is 4.42. The molecule has 0 radical (unpaired) electrons. The molecule has 0 amide bonds. The van der Waals surface area contributed by atoms with Crippen molar-refractivity contribution in [1.29, 1.82) is 0 Å². The lowest BCUT2D eigenvalue weighted by atomic mass is 10.1. The largest absolute Gasteiger partial charge is 0.493 e. The lowest BCUT2D eigenvalue weighted by Crippen LogP contribution is -2.16. The molecule has 3 aromatic carbocycles. The van der Waals surface area contributed by atoms with E-state index < -0.39 is 0 Å². The number of benzene rings is 3. The van der Waals surface area contributed by atoms with Crippen molar-refractivity contribution in [1.82, 2.24) is 5.32 Å². The Balaban J connectivity index is 1.60. The van der Waals surface area contributed by atoms with Crippen LogP contribution in [-0.4, -0.2) is 13.7 Å². The van der Waals surface area contributed by atoms with Gasteiger partial charge in [-0.1, -0.05) is 59.6 Å². The van der Waals surface area contributed by atoms with Crippen LogP contribution in [0.1, 0.15) is 16.7 Å². The van der Waals surface area contributed by atoms with E-state index in [1.165, 1.54) is 5.56 Å². The molecule has 6 heteroatoms. The molecule has 152 valence electrons. The third-order valence-corrected chi connectivity index (χ3v) is 5.75. The van der Waals surface area contributed by atoms with E-state index in [0.717, 1.165) is 35.1 Å². The zero-order valence-electron chi connectivity index (χ0n) is 16.1. The number of hydrogen-bond acceptors (Lipinski definition) is 3. The topological polar surface area (TPSA) is 30.5 Å². The van der Waals surface area contributed by atoms with Crippen LogP contribution in [-0.2, 0) is 19.6 Å². The molecular formula is C23H22BrCl2NO2. The van der Waals surface area contributed by atoms with Crippen molar-refractivity contribution in [3.63, 3.8) is 0 Å². The summed E-state index contributed by atoms with van der Waals surface area (Å²) in [6.07, 6.45) is 0.990. The molecule has 0 aromatic heterocycles. The van der Waals surface area contributed by atoms with Gasteiger partial charge in [0.1, 0.15) is 6.61 Å². The molecule has 0 saturated carbocycles. The van der Waals surface area contributed by atoms with Crippen LogP contribution in [0.5, 0.6) is 11.5 Å². The lowest BCUT2D eigenvalue weighted by molar-refractivity contribution is 0.282. The van der Waals surface area contributed by atoms with Gasteiger partial charge in [-0.3, -0.25) is 0 Å². The minimum absolute atomic E-state index is 0.362. The minimum Gasteiger partial charge on any atom is -0.493 e. The maximum atomic E-state index is 6.08. The van der Waals surface area contributed by atoms with Crippen LogP contribution in [0.15, 0.2) is 65.1 Å². The summed E-state index contributed by atoms with van der Waals surface area (Å²) in [6, 6.07) is 19.9. The van der Waals surface area contributed by atoms with Gasteiger partial charge >= 0.3 is 0 Å². The molecule has 3 rings (SSSR count). The van der Waals surface area contributed by atoms with Crippen LogP contribution in [0.3, 0.4) is 0 Å². The maximum absolute atomic E-state index is 6.08. The molecule has 0 spiro atoms. The number of rotatable bonds is 9. The van der Waals surface area contributed by atoms with E-state index in [2.05, 4.69) is 45.5 Å². The van der Waals surface area contributed by atoms with Gasteiger partial charge in [0, 0.05) is 6.54 Å². The predicted octanol–water partition coefficient (Wildman–Crippen LogP) is 6.68. The molecule has 0 bridgehead atoms. The summed E-state index contributed by atoms with van der Waals surface area (Å²) in [6.45, 7) is 2.01. The summed E-state index contributed by atoms with van der Waals surface area (Å²) in [5, 5.41) is 4.51. The summed E-state index contributed by atoms with van der Waals surface area (Å²) in [7, 11) is 1.64. The molecule has 0 saturated heterocycles. The molecule has 0 aliphatic heterocycles. The van der Waals surface area contributed by atoms with Crippen LogP contribution in [0, 0.1) is 0 Å². The summed E-state index contributed by atoms with van der Waals surface area (Å²) in [4.78, 5) is 0. The summed E-state index contributed by atoms with van der Waals surface area (Å²) < 4.78 is 12.4. The zero-order chi connectivity index (χ0) is 20.6. The zero-order valence-corrected chi connectivity index (χ0v) is 19.2. The van der Waals surface area contributed by atoms with Gasteiger partial charge in [-0.2, -0.15) is 0 Å². The number of hydrogen-bond donors (Lipinski definition) is 1. The van der Waals surface area contributed by atoms with Crippen LogP contribution in [0.2, 0.25) is 10.0 Å². The SMILES string of the molecule is COc1cc(CNCCc2ccccc2)cc(Br)c1OCc1ccc(Cl)c(Cl)c1. The Kier molecular flexibility index (Phi) is 8.25. The Morgan fingerprint density at radius 1 is 0.897 bits per heavy atom. The average Bonchev–Trinajstić information content (AvgIpc) is 2.73. The quantitative estimate of drug-likeness (QED) is 0.336. The first-order chi connectivity index (χ1) is 14.1. The highest BCUT2D eigenvalue weighted by Crippen LogP contribution is 2.37. The van der Waals surface area contributed by atoms with E-state index in [1.54, 1.807) is 19.2 Å². The standard InChI is InChI=1S/C23H22BrCl2NO2/c1-28-22-13-18(14-27-10-9-16-5-3-2-4-6-16)11-19(24)23(22)29-15-17-7-8-20(25)21(26)12-17/h2-8,11-13,27H,9-10,14-15H2,1H3. The summed E-state index contributed by atoms with van der Waals surface area (Å²) in [5.74, 6) is 1.34. The second-order valence-electron chi connectivity index (χ2n) is 6.56. The average molecular weight is 495 g/mol. The summed E-state index contributed by atoms with van der Waals surface area (Å²) in [5.41, 5.74) is 3.37. The Hall–Kier alpha value is -1.72. The molecular weight excluding hydrogens is 473 g/mol. The van der Waals surface area contributed by atoms with Crippen LogP contribution >= 0.6 is 39.1 Å². The van der Waals surface area contributed by atoms with Gasteiger partial charge in [0.05, 0.1) is 21.6 Å². The Bertz CT molecular complexity index is 951. The molecule has 0 aliphatic carbocycles. The number of methoxy groups -OCH3 is 1. The Labute approximate surface area is 190 Å². The first-order valence-corrected chi connectivity index (χ1v) is 10.8. The number of halogens is 3. The molecule has 0 unspecified atom stereocenters. The highest BCUT2D eigenvalue weighted by Gasteiger charge is 2.12. The smallest absolute Gasteiger partial charge is 0.175 e. The van der Waals surface area contributed by atoms with E-state index in [9.17, 15) is 0 Å². The van der Waals surface area contributed by atoms with Crippen LogP contribution < -0.4 is 14.8 Å². The van der Waals surface area contributed by atoms with Crippen molar-refractivity contribution in [2.75, 3.05) is 13.7 Å². The maximum Gasteiger partial charge on any atom is 0.175 e. The number of ether oxygens (including phenoxy) is 2. The van der Waals surface area contributed by atoms with Crippen molar-refractivity contribution in [3.8, 4) is 11.5 Å². The normalized spacial score (nSPS) is 10.8. The van der Waals surface area contributed by atoms with E-state index in [-0.39, 0.29) is 0 Å². The van der Waals surface area contributed by atoms with Gasteiger partial charge in [-0.25, -0.2) is 0 Å². The van der Waals surface area contributed by atoms with E-state index >= 15 is 0 Å². The summed E-state index contributed by atoms with van der Waals surface area (Å²) >= 11 is 15.7. The molecule has 1 N–H and O–H groups in total. The van der Waals surface area contributed by atoms with Gasteiger partial charge in [-0.05, 0) is 69.9 Å². The van der Waals surface area contributed by atoms with Gasteiger partial charge in [0.2, 0.25) is 0 Å². The molecule has 0 atom stereocenters. The molecule has 29 heavy (non-hydrogen) atoms. The highest BCUT2D eigenvalue weighted by molar-refractivity contribution is 9.10. The second kappa shape index (κ2) is 10.9. The van der Waals surface area contributed by atoms with Gasteiger partial charge in [-0.15, -0.1) is 0 Å². The monoisotopic (exact) mass is 493 g/mol. The van der Waals surface area contributed by atoms with Gasteiger partial charge in [0.15, 0.2) is 11.5 Å². The first-order valence-electron chi connectivity index (χ1n) is 9.24. The Morgan fingerprint density at radius 3 is 2.41 bits per heavy atom. The van der Waals surface area contributed by atoms with Gasteiger partial charge < -0.3 is 14.8 Å². The van der Waals surface area contributed by atoms with E-state index in [1.807, 2.05) is 24.3 Å². The minimum atomic E-state index is 0.362. The van der Waals surface area contributed by atoms with E-state index in [4.69, 9.17) is 32.7 Å². The fraction of sp³-hybridized carbons (Fsp3) is 0.217. The third kappa shape index (κ3) is 6.38. The van der Waals surface area contributed by atoms with Crippen molar-refractivity contribution in [3.05, 3.63) is 91.9 Å². The Morgan fingerprint density at radius 2 is 1.69 bits per heavy atom. The van der Waals surface area contributed by atoms with Crippen LogP contribution in [0.25, 0.3) is 0 Å². The highest BCUT2D eigenvalue weighted by atomic mass is 79.9.